The zero-order chi connectivity index (χ0) is 18.6. The van der Waals surface area contributed by atoms with Crippen molar-refractivity contribution in [2.45, 2.75) is 38.4 Å². The maximum Gasteiger partial charge on any atom is 0.416 e. The monoisotopic (exact) mass is 356 g/mol. The number of urea groups is 1. The van der Waals surface area contributed by atoms with E-state index < -0.39 is 29.8 Å². The first kappa shape index (κ1) is 18.8. The zero-order valence-electron chi connectivity index (χ0n) is 13.9. The van der Waals surface area contributed by atoms with Gasteiger partial charge in [-0.2, -0.15) is 13.2 Å². The summed E-state index contributed by atoms with van der Waals surface area (Å²) in [5, 5.41) is 4.93. The molecule has 1 aromatic rings. The van der Waals surface area contributed by atoms with Gasteiger partial charge in [-0.15, -0.1) is 0 Å². The van der Waals surface area contributed by atoms with Crippen LogP contribution in [0.3, 0.4) is 0 Å². The van der Waals surface area contributed by atoms with Crippen LogP contribution < -0.4 is 10.6 Å². The molecular weight excluding hydrogens is 337 g/mol. The van der Waals surface area contributed by atoms with Crippen LogP contribution in [0.15, 0.2) is 35.5 Å². The topological polar surface area (TPSA) is 67.4 Å². The van der Waals surface area contributed by atoms with Gasteiger partial charge in [0.25, 0.3) is 0 Å². The van der Waals surface area contributed by atoms with Crippen LogP contribution in [-0.4, -0.2) is 19.1 Å². The van der Waals surface area contributed by atoms with Crippen molar-refractivity contribution in [2.75, 3.05) is 7.11 Å². The Morgan fingerprint density at radius 2 is 1.96 bits per heavy atom. The van der Waals surface area contributed by atoms with E-state index in [-0.39, 0.29) is 11.1 Å². The number of esters is 1. The molecule has 2 rings (SSSR count). The number of ether oxygens (including phenoxy) is 1. The molecule has 0 radical (unpaired) electrons. The summed E-state index contributed by atoms with van der Waals surface area (Å²) in [7, 11) is 1.15. The second kappa shape index (κ2) is 7.58. The van der Waals surface area contributed by atoms with Gasteiger partial charge >= 0.3 is 18.2 Å². The van der Waals surface area contributed by atoms with E-state index in [1.54, 1.807) is 0 Å². The molecule has 0 aromatic heterocycles. The number of methoxy groups -OCH3 is 1. The highest BCUT2D eigenvalue weighted by molar-refractivity contribution is 5.95. The van der Waals surface area contributed by atoms with Crippen molar-refractivity contribution in [3.63, 3.8) is 0 Å². The highest BCUT2D eigenvalue weighted by atomic mass is 19.4. The quantitative estimate of drug-likeness (QED) is 0.791. The van der Waals surface area contributed by atoms with E-state index in [0.29, 0.717) is 18.5 Å². The number of allylic oxidation sites excluding steroid dienone is 1. The molecule has 25 heavy (non-hydrogen) atoms. The van der Waals surface area contributed by atoms with Gasteiger partial charge < -0.3 is 15.4 Å². The lowest BCUT2D eigenvalue weighted by Gasteiger charge is -2.30. The van der Waals surface area contributed by atoms with E-state index in [9.17, 15) is 22.8 Å². The predicted molar refractivity (Wildman–Crippen MR) is 84.4 cm³/mol. The molecule has 5 nitrogen and oxygen atoms in total. The summed E-state index contributed by atoms with van der Waals surface area (Å²) in [6.07, 6.45) is -2.79. The van der Waals surface area contributed by atoms with Gasteiger partial charge in [0.2, 0.25) is 0 Å². The number of rotatable bonds is 5. The van der Waals surface area contributed by atoms with Crippen molar-refractivity contribution in [1.82, 2.24) is 10.6 Å². The average Bonchev–Trinajstić information content (AvgIpc) is 2.58. The summed E-state index contributed by atoms with van der Waals surface area (Å²) in [6.45, 7) is 1.93. The zero-order valence-corrected chi connectivity index (χ0v) is 13.9. The molecule has 2 N–H and O–H groups in total. The average molecular weight is 356 g/mol. The number of alkyl halides is 3. The Balaban J connectivity index is 2.61. The van der Waals surface area contributed by atoms with Crippen LogP contribution in [0.2, 0.25) is 0 Å². The lowest BCUT2D eigenvalue weighted by atomic mass is 9.90. The summed E-state index contributed by atoms with van der Waals surface area (Å²) in [4.78, 5) is 24.2. The minimum Gasteiger partial charge on any atom is -0.466 e. The van der Waals surface area contributed by atoms with E-state index in [4.69, 9.17) is 4.74 Å². The van der Waals surface area contributed by atoms with Crippen LogP contribution in [0.4, 0.5) is 18.0 Å². The van der Waals surface area contributed by atoms with Gasteiger partial charge in [0.05, 0.1) is 24.3 Å². The third kappa shape index (κ3) is 4.12. The molecule has 1 aliphatic rings. The second-order valence-electron chi connectivity index (χ2n) is 5.60. The van der Waals surface area contributed by atoms with Crippen LogP contribution >= 0.6 is 0 Å². The molecular formula is C17H19F3N2O3. The van der Waals surface area contributed by atoms with E-state index in [0.717, 1.165) is 19.6 Å². The van der Waals surface area contributed by atoms with E-state index in [1.165, 1.54) is 18.2 Å². The van der Waals surface area contributed by atoms with Crippen molar-refractivity contribution in [3.05, 3.63) is 46.7 Å². The summed E-state index contributed by atoms with van der Waals surface area (Å²) < 4.78 is 44.8. The van der Waals surface area contributed by atoms with Gasteiger partial charge in [-0.25, -0.2) is 9.59 Å². The molecule has 0 spiro atoms. The summed E-state index contributed by atoms with van der Waals surface area (Å²) in [5.41, 5.74) is -0.815. The van der Waals surface area contributed by atoms with Crippen molar-refractivity contribution >= 4 is 12.0 Å². The fourth-order valence-electron chi connectivity index (χ4n) is 2.76. The highest BCUT2D eigenvalue weighted by Gasteiger charge is 2.40. The Morgan fingerprint density at radius 3 is 2.56 bits per heavy atom. The number of halogens is 3. The molecule has 136 valence electrons. The molecule has 1 aromatic carbocycles. The van der Waals surface area contributed by atoms with Crippen molar-refractivity contribution in [2.24, 2.45) is 0 Å². The predicted octanol–water partition coefficient (Wildman–Crippen LogP) is 3.68. The van der Waals surface area contributed by atoms with Crippen molar-refractivity contribution in [3.8, 4) is 0 Å². The lowest BCUT2D eigenvalue weighted by Crippen LogP contribution is -2.46. The number of hydrogen-bond donors (Lipinski definition) is 2. The third-order valence-electron chi connectivity index (χ3n) is 3.92. The van der Waals surface area contributed by atoms with Crippen molar-refractivity contribution < 1.29 is 27.5 Å². The van der Waals surface area contributed by atoms with Crippen molar-refractivity contribution in [1.29, 1.82) is 0 Å². The van der Waals surface area contributed by atoms with E-state index in [2.05, 4.69) is 10.6 Å². The molecule has 2 amide bonds. The number of amides is 2. The van der Waals surface area contributed by atoms with Crippen LogP contribution in [0.5, 0.6) is 0 Å². The summed E-state index contributed by atoms with van der Waals surface area (Å²) in [5.74, 6) is -0.777. The van der Waals surface area contributed by atoms with Crippen LogP contribution in [0, 0.1) is 0 Å². The van der Waals surface area contributed by atoms with Gasteiger partial charge in [-0.1, -0.05) is 31.5 Å². The van der Waals surface area contributed by atoms with E-state index in [1.807, 2.05) is 6.92 Å². The van der Waals surface area contributed by atoms with Gasteiger partial charge in [0.1, 0.15) is 0 Å². The van der Waals surface area contributed by atoms with Gasteiger partial charge in [-0.05, 0) is 24.5 Å². The summed E-state index contributed by atoms with van der Waals surface area (Å²) >= 11 is 0. The normalized spacial score (nSPS) is 17.8. The summed E-state index contributed by atoms with van der Waals surface area (Å²) in [6, 6.07) is 2.98. The van der Waals surface area contributed by atoms with E-state index >= 15 is 0 Å². The smallest absolute Gasteiger partial charge is 0.416 e. The standard InChI is InChI=1S/C17H19F3N2O3/c1-3-4-9-12-13(15(23)25-2)14(22-16(24)21-12)10-7-5-6-8-11(10)17(18,19)20/h5-8,14H,3-4,9H2,1-2H3,(H2,21,22,24). The number of nitrogens with one attached hydrogen (secondary N) is 2. The van der Waals surface area contributed by atoms with Crippen LogP contribution in [0.1, 0.15) is 43.4 Å². The first-order valence-corrected chi connectivity index (χ1v) is 7.84. The SMILES string of the molecule is CCCCC1=C(C(=O)OC)C(c2ccccc2C(F)(F)F)NC(=O)N1. The molecule has 0 saturated heterocycles. The fourth-order valence-corrected chi connectivity index (χ4v) is 2.76. The minimum atomic E-state index is -4.61. The molecule has 1 aliphatic heterocycles. The number of carbonyl (C=O) groups is 2. The van der Waals surface area contributed by atoms with Crippen LogP contribution in [-0.2, 0) is 15.7 Å². The largest absolute Gasteiger partial charge is 0.466 e. The third-order valence-corrected chi connectivity index (χ3v) is 3.92. The number of unbranched alkanes of at least 4 members (excludes halogenated alkanes) is 1. The highest BCUT2D eigenvalue weighted by Crippen LogP contribution is 2.38. The Morgan fingerprint density at radius 1 is 1.28 bits per heavy atom. The number of hydrogen-bond acceptors (Lipinski definition) is 3. The molecule has 0 fully saturated rings. The Labute approximate surface area is 143 Å². The molecule has 1 atom stereocenters. The Kier molecular flexibility index (Phi) is 5.71. The molecule has 0 aliphatic carbocycles. The molecule has 1 heterocycles. The maximum atomic E-state index is 13.3. The first-order chi connectivity index (χ1) is 11.8. The second-order valence-corrected chi connectivity index (χ2v) is 5.60. The van der Waals surface area contributed by atoms with Gasteiger partial charge in [-0.3, -0.25) is 0 Å². The number of carbonyl (C=O) groups excluding carboxylic acids is 2. The Hall–Kier alpha value is -2.51. The molecule has 8 heteroatoms. The molecule has 0 saturated carbocycles. The minimum absolute atomic E-state index is 0.00718. The Bertz CT molecular complexity index is 699. The lowest BCUT2D eigenvalue weighted by molar-refractivity contribution is -0.139. The fraction of sp³-hybridized carbons (Fsp3) is 0.412. The van der Waals surface area contributed by atoms with Gasteiger partial charge in [0, 0.05) is 5.70 Å². The number of benzene rings is 1. The maximum absolute atomic E-state index is 13.3. The van der Waals surface area contributed by atoms with Crippen LogP contribution in [0.25, 0.3) is 0 Å². The first-order valence-electron chi connectivity index (χ1n) is 7.84. The molecule has 1 unspecified atom stereocenters. The molecule has 0 bridgehead atoms. The van der Waals surface area contributed by atoms with Gasteiger partial charge in [0.15, 0.2) is 0 Å².